The van der Waals surface area contributed by atoms with Crippen LogP contribution in [0, 0.1) is 11.8 Å². The Balaban J connectivity index is 1.85. The van der Waals surface area contributed by atoms with E-state index in [0.717, 1.165) is 6.29 Å². The summed E-state index contributed by atoms with van der Waals surface area (Å²) in [5.41, 5.74) is 1.30. The smallest absolute Gasteiger partial charge is 0.309 e. The molecule has 2 heterocycles. The largest absolute Gasteiger partial charge is 0.458 e. The van der Waals surface area contributed by atoms with E-state index < -0.39 is 49.5 Å². The van der Waals surface area contributed by atoms with Crippen molar-refractivity contribution in [3.05, 3.63) is 23.3 Å². The third-order valence-electron chi connectivity index (χ3n) is 6.28. The van der Waals surface area contributed by atoms with Crippen molar-refractivity contribution in [2.24, 2.45) is 11.8 Å². The van der Waals surface area contributed by atoms with Gasteiger partial charge >= 0.3 is 5.97 Å². The van der Waals surface area contributed by atoms with Gasteiger partial charge in [0, 0.05) is 5.92 Å². The molecule has 1 aliphatic carbocycles. The summed E-state index contributed by atoms with van der Waals surface area (Å²) < 4.78 is 16.9. The molecule has 2 aliphatic heterocycles. The number of allylic oxidation sites excluding steroid dienone is 1. The number of aliphatic hydroxyl groups is 4. The maximum Gasteiger partial charge on any atom is 0.309 e. The lowest BCUT2D eigenvalue weighted by Gasteiger charge is -2.41. The first-order chi connectivity index (χ1) is 14.3. The van der Waals surface area contributed by atoms with Gasteiger partial charge in [-0.2, -0.15) is 0 Å². The molecule has 9 atom stereocenters. The minimum Gasteiger partial charge on any atom is -0.458 e. The lowest BCUT2D eigenvalue weighted by atomic mass is 9.84. The van der Waals surface area contributed by atoms with Crippen molar-refractivity contribution < 1.29 is 44.2 Å². The second kappa shape index (κ2) is 9.67. The topological polar surface area (TPSA) is 143 Å². The van der Waals surface area contributed by atoms with E-state index in [2.05, 4.69) is 0 Å². The molecule has 168 valence electrons. The Hall–Kier alpha value is -1.62. The van der Waals surface area contributed by atoms with Crippen LogP contribution in [0.15, 0.2) is 23.3 Å². The maximum atomic E-state index is 12.1. The molecule has 0 spiro atoms. The Morgan fingerprint density at radius 3 is 2.63 bits per heavy atom. The summed E-state index contributed by atoms with van der Waals surface area (Å²) in [5.74, 6) is -0.630. The third kappa shape index (κ3) is 4.66. The average Bonchev–Trinajstić information content (AvgIpc) is 2.99. The van der Waals surface area contributed by atoms with Crippen molar-refractivity contribution in [1.82, 2.24) is 0 Å². The Bertz CT molecular complexity index is 701. The predicted octanol–water partition coefficient (Wildman–Crippen LogP) is -0.395. The third-order valence-corrected chi connectivity index (χ3v) is 6.28. The zero-order valence-corrected chi connectivity index (χ0v) is 17.1. The van der Waals surface area contributed by atoms with Crippen molar-refractivity contribution in [2.75, 3.05) is 6.61 Å². The molecule has 3 rings (SSSR count). The Labute approximate surface area is 174 Å². The van der Waals surface area contributed by atoms with Gasteiger partial charge in [-0.05, 0) is 43.4 Å². The fraction of sp³-hybridized carbons (Fsp3) is 0.714. The van der Waals surface area contributed by atoms with Crippen LogP contribution < -0.4 is 0 Å². The summed E-state index contributed by atoms with van der Waals surface area (Å²) in [6.45, 7) is 3.05. The number of esters is 1. The number of hydrogen-bond acceptors (Lipinski definition) is 9. The predicted molar refractivity (Wildman–Crippen MR) is 103 cm³/mol. The molecule has 30 heavy (non-hydrogen) atoms. The quantitative estimate of drug-likeness (QED) is 0.268. The molecule has 0 aromatic carbocycles. The molecular formula is C21H30O9. The van der Waals surface area contributed by atoms with Crippen molar-refractivity contribution in [3.63, 3.8) is 0 Å². The minimum atomic E-state index is -1.55. The lowest BCUT2D eigenvalue weighted by molar-refractivity contribution is -0.308. The summed E-state index contributed by atoms with van der Waals surface area (Å²) in [7, 11) is 0. The van der Waals surface area contributed by atoms with Crippen LogP contribution in [0.2, 0.25) is 0 Å². The van der Waals surface area contributed by atoms with E-state index in [1.807, 2.05) is 13.0 Å². The van der Waals surface area contributed by atoms with Crippen LogP contribution in [0.1, 0.15) is 33.1 Å². The van der Waals surface area contributed by atoms with E-state index in [1.165, 1.54) is 0 Å². The zero-order valence-electron chi connectivity index (χ0n) is 17.1. The highest BCUT2D eigenvalue weighted by Crippen LogP contribution is 2.36. The van der Waals surface area contributed by atoms with E-state index in [0.29, 0.717) is 30.4 Å². The molecule has 9 nitrogen and oxygen atoms in total. The molecule has 0 unspecified atom stereocenters. The van der Waals surface area contributed by atoms with E-state index >= 15 is 0 Å². The van der Waals surface area contributed by atoms with Crippen LogP contribution in [0.25, 0.3) is 0 Å². The number of rotatable bonds is 4. The first-order valence-electron chi connectivity index (χ1n) is 10.3. The summed E-state index contributed by atoms with van der Waals surface area (Å²) in [6.07, 6.45) is -2.23. The zero-order chi connectivity index (χ0) is 22.0. The molecule has 0 aromatic heterocycles. The van der Waals surface area contributed by atoms with Gasteiger partial charge in [-0.1, -0.05) is 13.0 Å². The van der Waals surface area contributed by atoms with Crippen molar-refractivity contribution in [1.29, 1.82) is 0 Å². The van der Waals surface area contributed by atoms with Crippen molar-refractivity contribution >= 4 is 12.3 Å². The van der Waals surface area contributed by atoms with E-state index in [9.17, 15) is 30.0 Å². The highest BCUT2D eigenvalue weighted by molar-refractivity contribution is 5.75. The van der Waals surface area contributed by atoms with Crippen LogP contribution in [0.4, 0.5) is 0 Å². The van der Waals surface area contributed by atoms with Crippen LogP contribution in [-0.2, 0) is 23.8 Å². The summed E-state index contributed by atoms with van der Waals surface area (Å²) in [4.78, 5) is 23.6. The highest BCUT2D eigenvalue weighted by atomic mass is 16.7. The number of carbonyl (C=O) groups excluding carboxylic acids is 2. The molecule has 0 bridgehead atoms. The van der Waals surface area contributed by atoms with Gasteiger partial charge in [-0.25, -0.2) is 0 Å². The van der Waals surface area contributed by atoms with Crippen LogP contribution in [0.3, 0.4) is 0 Å². The Morgan fingerprint density at radius 2 is 1.97 bits per heavy atom. The fourth-order valence-corrected chi connectivity index (χ4v) is 4.22. The molecule has 2 fully saturated rings. The van der Waals surface area contributed by atoms with Gasteiger partial charge in [0.1, 0.15) is 36.8 Å². The van der Waals surface area contributed by atoms with Gasteiger partial charge in [0.25, 0.3) is 0 Å². The van der Waals surface area contributed by atoms with E-state index in [-0.39, 0.29) is 17.8 Å². The monoisotopic (exact) mass is 426 g/mol. The molecule has 0 radical (unpaired) electrons. The number of aldehydes is 1. The minimum absolute atomic E-state index is 0.0678. The molecule has 0 aromatic rings. The maximum absolute atomic E-state index is 12.1. The number of fused-ring (bicyclic) bond motifs is 1. The van der Waals surface area contributed by atoms with Gasteiger partial charge in [-0.15, -0.1) is 0 Å². The van der Waals surface area contributed by atoms with Gasteiger partial charge in [0.05, 0.1) is 18.6 Å². The number of aliphatic hydroxyl groups excluding tert-OH is 4. The molecule has 4 N–H and O–H groups in total. The molecule has 0 saturated carbocycles. The van der Waals surface area contributed by atoms with Gasteiger partial charge in [-0.3, -0.25) is 9.59 Å². The van der Waals surface area contributed by atoms with Gasteiger partial charge in [0.15, 0.2) is 6.29 Å². The standard InChI is InChI=1S/C21H30O9/c1-10-7-15-13(11(2)20(27)28-15)5-3-12(8-22)4-6-14(10)29-21-19(26)18(25)17(24)16(9-23)30-21/h4,7-8,11,13-19,21,23-26H,3,5-6,9H2,1-2H3/b10-7+,12-4+/t11-,13-,14+,15+,16+,17+,18-,19+,21+/m0/s1. The average molecular weight is 426 g/mol. The second-order valence-corrected chi connectivity index (χ2v) is 8.26. The first-order valence-corrected chi connectivity index (χ1v) is 10.3. The summed E-state index contributed by atoms with van der Waals surface area (Å²) >= 11 is 0. The van der Waals surface area contributed by atoms with Crippen molar-refractivity contribution in [3.8, 4) is 0 Å². The van der Waals surface area contributed by atoms with Crippen LogP contribution in [-0.4, -0.2) is 82.2 Å². The molecule has 2 saturated heterocycles. The van der Waals surface area contributed by atoms with Crippen LogP contribution in [0.5, 0.6) is 0 Å². The SMILES string of the molecule is C/C1=C\[C@H]2OC(=O)[C@@H](C)[C@@H]2CC/C(C=O)=C\C[C@H]1O[C@@H]1O[C@H](CO)[C@@H](O)[C@H](O)[C@H]1O. The van der Waals surface area contributed by atoms with Crippen molar-refractivity contribution in [2.45, 2.75) is 76.0 Å². The fourth-order valence-electron chi connectivity index (χ4n) is 4.22. The first kappa shape index (κ1) is 23.1. The molecule has 9 heteroatoms. The summed E-state index contributed by atoms with van der Waals surface area (Å²) in [6, 6.07) is 0. The number of ether oxygens (including phenoxy) is 3. The van der Waals surface area contributed by atoms with Gasteiger partial charge in [0.2, 0.25) is 0 Å². The van der Waals surface area contributed by atoms with Crippen LogP contribution >= 0.6 is 0 Å². The van der Waals surface area contributed by atoms with Gasteiger partial charge < -0.3 is 34.6 Å². The summed E-state index contributed by atoms with van der Waals surface area (Å²) in [5, 5.41) is 39.6. The number of hydrogen-bond donors (Lipinski definition) is 4. The number of carbonyl (C=O) groups is 2. The molecular weight excluding hydrogens is 396 g/mol. The van der Waals surface area contributed by atoms with E-state index in [4.69, 9.17) is 14.2 Å². The lowest BCUT2D eigenvalue weighted by Crippen LogP contribution is -2.59. The van der Waals surface area contributed by atoms with E-state index in [1.54, 1.807) is 13.0 Å². The highest BCUT2D eigenvalue weighted by Gasteiger charge is 2.45. The molecule has 3 aliphatic rings. The second-order valence-electron chi connectivity index (χ2n) is 8.26. The Morgan fingerprint density at radius 1 is 1.23 bits per heavy atom. The molecule has 0 amide bonds. The Kier molecular flexibility index (Phi) is 7.43. The normalized spacial score (nSPS) is 46.1.